The molecule has 5 atom stereocenters. The summed E-state index contributed by atoms with van der Waals surface area (Å²) >= 11 is 0. The van der Waals surface area contributed by atoms with Crippen molar-refractivity contribution in [1.82, 2.24) is 0 Å². The van der Waals surface area contributed by atoms with Crippen LogP contribution in [0.4, 0.5) is 39.5 Å². The molecular formula is C35H49F9O4S2U. The first-order valence-corrected chi connectivity index (χ1v) is 19.2. The van der Waals surface area contributed by atoms with Crippen molar-refractivity contribution in [2.24, 2.45) is 17.3 Å². The number of aryl methyl sites for hydroxylation is 1. The molecule has 1 aromatic carbocycles. The number of halogens is 9. The van der Waals surface area contributed by atoms with Crippen molar-refractivity contribution in [3.05, 3.63) is 43.2 Å². The van der Waals surface area contributed by atoms with Gasteiger partial charge in [-0.05, 0) is 111 Å². The standard InChI is InChI=1S/C27H32F9O3.C8H17OS2.U/c1-3-37-17-6-8-18-16(15-17)5-7-20-19(18)11-12-23(2)21(20)9-10-22(23)38-13-4-14-39-24(25(28,29)30,26(31,32)33)27(34,35)36;1-8(2,3)11-10-7-5-4-6-9;/h6,8,15,19-22H,1,3-5,7,9-14H2,2H3;9H,1,4-7H2,2-3H3;/q2*-1;+2. The van der Waals surface area contributed by atoms with Gasteiger partial charge >= 0.3 is 55.2 Å². The van der Waals surface area contributed by atoms with Gasteiger partial charge in [0.2, 0.25) is 0 Å². The maximum absolute atomic E-state index is 13.0. The number of alkyl halides is 9. The maximum Gasteiger partial charge on any atom is 2.00 e. The predicted octanol–water partition coefficient (Wildman–Crippen LogP) is 10.7. The van der Waals surface area contributed by atoms with Crippen LogP contribution >= 0.6 is 21.6 Å². The van der Waals surface area contributed by atoms with Crippen molar-refractivity contribution in [2.45, 2.75) is 119 Å². The quantitative estimate of drug-likeness (QED) is 0.0867. The average molecular weight is 1010 g/mol. The molecule has 0 spiro atoms. The zero-order valence-electron chi connectivity index (χ0n) is 29.2. The average Bonchev–Trinajstić information content (AvgIpc) is 3.32. The molecule has 4 nitrogen and oxygen atoms in total. The van der Waals surface area contributed by atoms with Gasteiger partial charge in [-0.25, -0.2) is 0 Å². The van der Waals surface area contributed by atoms with Gasteiger partial charge in [-0.3, -0.25) is 0 Å². The molecule has 0 saturated heterocycles. The molecule has 1 aromatic rings. The first-order chi connectivity index (χ1) is 23.1. The Morgan fingerprint density at radius 2 is 1.55 bits per heavy atom. The third-order valence-corrected chi connectivity index (χ3v) is 13.2. The molecule has 0 amide bonds. The first-order valence-electron chi connectivity index (χ1n) is 16.9. The van der Waals surface area contributed by atoms with Crippen LogP contribution in [0, 0.1) is 62.2 Å². The second-order valence-corrected chi connectivity index (χ2v) is 17.2. The Hall–Kier alpha value is 0.0219. The van der Waals surface area contributed by atoms with E-state index in [0.29, 0.717) is 37.4 Å². The van der Waals surface area contributed by atoms with E-state index in [1.54, 1.807) is 0 Å². The number of hydrogen-bond acceptors (Lipinski definition) is 6. The molecule has 0 aliphatic heterocycles. The van der Waals surface area contributed by atoms with Crippen LogP contribution in [0.5, 0.6) is 5.75 Å². The van der Waals surface area contributed by atoms with Gasteiger partial charge in [0.1, 0.15) is 5.75 Å². The van der Waals surface area contributed by atoms with Crippen LogP contribution in [-0.4, -0.2) is 72.3 Å². The first kappa shape index (κ1) is 47.2. The number of aliphatic hydroxyl groups excluding tert-OH is 1. The summed E-state index contributed by atoms with van der Waals surface area (Å²) in [7, 11) is 3.65. The second-order valence-electron chi connectivity index (χ2n) is 14.1. The monoisotopic (exact) mass is 1010 g/mol. The second kappa shape index (κ2) is 19.3. The van der Waals surface area contributed by atoms with E-state index in [4.69, 9.17) is 14.6 Å². The normalized spacial score (nSPS) is 25.2. The molecule has 5 unspecified atom stereocenters. The Balaban J connectivity index is 0.000000650. The fraction of sp³-hybridized carbons (Fsp3) is 0.771. The number of aliphatic hydroxyl groups is 1. The Labute approximate surface area is 327 Å². The third-order valence-electron chi connectivity index (χ3n) is 9.92. The van der Waals surface area contributed by atoms with E-state index < -0.39 is 37.2 Å². The van der Waals surface area contributed by atoms with Gasteiger partial charge in [0.15, 0.2) is 0 Å². The summed E-state index contributed by atoms with van der Waals surface area (Å²) < 4.78 is 132. The summed E-state index contributed by atoms with van der Waals surface area (Å²) in [6, 6.07) is 6.14. The molecule has 4 rings (SSSR count). The van der Waals surface area contributed by atoms with Crippen LogP contribution in [0.15, 0.2) is 18.2 Å². The molecule has 16 heteroatoms. The third kappa shape index (κ3) is 11.5. The Morgan fingerprint density at radius 3 is 2.12 bits per heavy atom. The van der Waals surface area contributed by atoms with Crippen molar-refractivity contribution in [3.8, 4) is 5.75 Å². The van der Waals surface area contributed by atoms with Crippen molar-refractivity contribution < 1.29 is 89.9 Å². The molecular weight excluding hydrogens is 958 g/mol. The number of benzene rings is 1. The maximum atomic E-state index is 13.0. The minimum Gasteiger partial charge on any atom is -0.525 e. The summed E-state index contributed by atoms with van der Waals surface area (Å²) in [6.07, 6.45) is -13.8. The number of unbranched alkanes of at least 4 members (excludes halogenated alkanes) is 1. The van der Waals surface area contributed by atoms with Crippen LogP contribution in [0.3, 0.4) is 0 Å². The molecule has 2 saturated carbocycles. The van der Waals surface area contributed by atoms with E-state index in [9.17, 15) is 39.5 Å². The summed E-state index contributed by atoms with van der Waals surface area (Å²) in [6.45, 7) is 12.9. The van der Waals surface area contributed by atoms with Crippen LogP contribution in [0.1, 0.15) is 89.2 Å². The summed E-state index contributed by atoms with van der Waals surface area (Å²) in [5.41, 5.74) is -3.89. The molecule has 3 aliphatic rings. The summed E-state index contributed by atoms with van der Waals surface area (Å²) in [5, 5.41) is 8.50. The largest absolute Gasteiger partial charge is 2.00 e. The van der Waals surface area contributed by atoms with Gasteiger partial charge in [0.05, 0.1) is 12.7 Å². The van der Waals surface area contributed by atoms with Crippen LogP contribution < -0.4 is 4.74 Å². The number of hydrogen-bond donors (Lipinski definition) is 1. The number of fused-ring (bicyclic) bond motifs is 5. The molecule has 1 N–H and O–H groups in total. The molecule has 0 bridgehead atoms. The molecule has 2 fully saturated rings. The smallest absolute Gasteiger partial charge is 0.525 e. The number of rotatable bonds is 14. The summed E-state index contributed by atoms with van der Waals surface area (Å²) in [4.78, 5) is 0. The van der Waals surface area contributed by atoms with E-state index in [1.165, 1.54) is 11.1 Å². The zero-order valence-corrected chi connectivity index (χ0v) is 35.0. The van der Waals surface area contributed by atoms with E-state index >= 15 is 0 Å². The van der Waals surface area contributed by atoms with Crippen LogP contribution in [0.25, 0.3) is 0 Å². The van der Waals surface area contributed by atoms with E-state index in [0.717, 1.165) is 56.4 Å². The Kier molecular flexibility index (Phi) is 17.8. The SMILES string of the molecule is [CH2-]C(C)(C)SSCCCCO.[CH2-]COc1ccc2c(c1)CCC1C2CCC2(C)C(OCCCOC(C(F)(F)F)(C(F)(F)F)C(F)(F)F)CCC12.[U+2]. The van der Waals surface area contributed by atoms with E-state index in [-0.39, 0.29) is 54.0 Å². The van der Waals surface area contributed by atoms with Crippen molar-refractivity contribution >= 4 is 21.6 Å². The molecule has 0 aromatic heterocycles. The van der Waals surface area contributed by atoms with Crippen molar-refractivity contribution in [2.75, 3.05) is 32.2 Å². The van der Waals surface area contributed by atoms with Gasteiger partial charge in [-0.1, -0.05) is 37.6 Å². The van der Waals surface area contributed by atoms with Gasteiger partial charge in [0, 0.05) is 19.0 Å². The van der Waals surface area contributed by atoms with Crippen LogP contribution in [-0.2, 0) is 15.9 Å². The zero-order chi connectivity index (χ0) is 37.6. The topological polar surface area (TPSA) is 47.9 Å². The fourth-order valence-corrected chi connectivity index (χ4v) is 9.99. The predicted molar refractivity (Wildman–Crippen MR) is 179 cm³/mol. The number of ether oxygens (including phenoxy) is 3. The van der Waals surface area contributed by atoms with E-state index in [1.807, 2.05) is 27.7 Å². The minimum atomic E-state index is -6.73. The van der Waals surface area contributed by atoms with Gasteiger partial charge in [-0.2, -0.15) is 39.5 Å². The molecule has 3 aliphatic carbocycles. The van der Waals surface area contributed by atoms with Gasteiger partial charge < -0.3 is 33.2 Å². The molecule has 0 radical (unpaired) electrons. The molecule has 51 heavy (non-hydrogen) atoms. The van der Waals surface area contributed by atoms with Crippen LogP contribution in [0.2, 0.25) is 0 Å². The van der Waals surface area contributed by atoms with Crippen molar-refractivity contribution in [1.29, 1.82) is 0 Å². The fourth-order valence-electron chi connectivity index (χ4n) is 7.70. The van der Waals surface area contributed by atoms with Gasteiger partial charge in [-0.15, -0.1) is 15.5 Å². The Bertz CT molecular complexity index is 1170. The van der Waals surface area contributed by atoms with E-state index in [2.05, 4.69) is 51.5 Å². The molecule has 0 heterocycles. The molecule has 292 valence electrons. The minimum absolute atomic E-state index is 0. The summed E-state index contributed by atoms with van der Waals surface area (Å²) in [5.74, 6) is 3.03. The van der Waals surface area contributed by atoms with Gasteiger partial charge in [0.25, 0.3) is 0 Å². The Morgan fingerprint density at radius 1 is 0.902 bits per heavy atom. The van der Waals surface area contributed by atoms with Crippen molar-refractivity contribution in [3.63, 3.8) is 0 Å².